The Morgan fingerprint density at radius 2 is 1.86 bits per heavy atom. The van der Waals surface area contributed by atoms with E-state index in [4.69, 9.17) is 4.74 Å². The van der Waals surface area contributed by atoms with Gasteiger partial charge in [-0.05, 0) is 38.8 Å². The highest BCUT2D eigenvalue weighted by Crippen LogP contribution is 2.20. The molecule has 1 aromatic rings. The van der Waals surface area contributed by atoms with Crippen LogP contribution in [-0.2, 0) is 13.1 Å². The van der Waals surface area contributed by atoms with Crippen molar-refractivity contribution in [2.45, 2.75) is 26.9 Å². The van der Waals surface area contributed by atoms with Gasteiger partial charge in [0.1, 0.15) is 5.75 Å². The lowest BCUT2D eigenvalue weighted by Gasteiger charge is -2.18. The molecule has 0 aliphatic rings. The molecule has 0 fully saturated rings. The number of nitrogens with zero attached hydrogens (tertiary/aromatic N) is 2. The first kappa shape index (κ1) is 18.0. The van der Waals surface area contributed by atoms with E-state index in [1.165, 1.54) is 11.1 Å². The molecule has 4 nitrogen and oxygen atoms in total. The van der Waals surface area contributed by atoms with Crippen molar-refractivity contribution >= 4 is 0 Å². The van der Waals surface area contributed by atoms with E-state index in [0.29, 0.717) is 0 Å². The van der Waals surface area contributed by atoms with Crippen LogP contribution < -0.4 is 10.1 Å². The predicted octanol–water partition coefficient (Wildman–Crippen LogP) is 2.19. The number of benzene rings is 1. The number of rotatable bonds is 10. The lowest BCUT2D eigenvalue weighted by Crippen LogP contribution is -2.31. The predicted molar refractivity (Wildman–Crippen MR) is 89.9 cm³/mol. The topological polar surface area (TPSA) is 27.7 Å². The van der Waals surface area contributed by atoms with E-state index in [2.05, 4.69) is 61.3 Å². The van der Waals surface area contributed by atoms with Gasteiger partial charge in [-0.1, -0.05) is 26.0 Å². The Balaban J connectivity index is 2.51. The van der Waals surface area contributed by atoms with E-state index in [-0.39, 0.29) is 0 Å². The summed E-state index contributed by atoms with van der Waals surface area (Å²) >= 11 is 0. The van der Waals surface area contributed by atoms with Gasteiger partial charge in [0, 0.05) is 31.7 Å². The zero-order valence-corrected chi connectivity index (χ0v) is 14.3. The van der Waals surface area contributed by atoms with Gasteiger partial charge in [-0.25, -0.2) is 0 Å². The first-order valence-electron chi connectivity index (χ1n) is 7.84. The second-order valence-corrected chi connectivity index (χ2v) is 5.59. The van der Waals surface area contributed by atoms with Crippen LogP contribution in [0.15, 0.2) is 18.2 Å². The monoisotopic (exact) mass is 293 g/mol. The van der Waals surface area contributed by atoms with Gasteiger partial charge in [-0.15, -0.1) is 0 Å². The molecule has 0 unspecified atom stereocenters. The SMILES string of the molecule is CCN(CC)CCNCc1ccc(CN(C)C)cc1OC. The smallest absolute Gasteiger partial charge is 0.123 e. The van der Waals surface area contributed by atoms with Crippen molar-refractivity contribution in [3.8, 4) is 5.75 Å². The molecule has 1 rings (SSSR count). The maximum absolute atomic E-state index is 5.52. The van der Waals surface area contributed by atoms with Crippen molar-refractivity contribution in [1.82, 2.24) is 15.1 Å². The third kappa shape index (κ3) is 6.46. The quantitative estimate of drug-likeness (QED) is 0.669. The van der Waals surface area contributed by atoms with Crippen LogP contribution >= 0.6 is 0 Å². The van der Waals surface area contributed by atoms with Gasteiger partial charge in [0.25, 0.3) is 0 Å². The van der Waals surface area contributed by atoms with Gasteiger partial charge in [0.2, 0.25) is 0 Å². The molecule has 0 radical (unpaired) electrons. The van der Waals surface area contributed by atoms with Crippen molar-refractivity contribution in [3.05, 3.63) is 29.3 Å². The van der Waals surface area contributed by atoms with Gasteiger partial charge in [0.15, 0.2) is 0 Å². The van der Waals surface area contributed by atoms with Gasteiger partial charge in [0.05, 0.1) is 7.11 Å². The molecule has 0 saturated carbocycles. The minimum Gasteiger partial charge on any atom is -0.496 e. The highest BCUT2D eigenvalue weighted by Gasteiger charge is 2.05. The molecule has 0 aliphatic heterocycles. The fourth-order valence-corrected chi connectivity index (χ4v) is 2.40. The van der Waals surface area contributed by atoms with Gasteiger partial charge in [-0.3, -0.25) is 0 Å². The molecule has 4 heteroatoms. The molecular weight excluding hydrogens is 262 g/mol. The molecule has 0 bridgehead atoms. The van der Waals surface area contributed by atoms with Crippen LogP contribution in [0.25, 0.3) is 0 Å². The first-order valence-corrected chi connectivity index (χ1v) is 7.84. The van der Waals surface area contributed by atoms with Crippen LogP contribution in [0, 0.1) is 0 Å². The van der Waals surface area contributed by atoms with Crippen LogP contribution in [-0.4, -0.2) is 57.2 Å². The Kier molecular flexibility index (Phi) is 8.35. The summed E-state index contributed by atoms with van der Waals surface area (Å²) in [4.78, 5) is 4.58. The van der Waals surface area contributed by atoms with E-state index >= 15 is 0 Å². The van der Waals surface area contributed by atoms with Crippen molar-refractivity contribution in [3.63, 3.8) is 0 Å². The Hall–Kier alpha value is -1.10. The van der Waals surface area contributed by atoms with E-state index < -0.39 is 0 Å². The second kappa shape index (κ2) is 9.77. The summed E-state index contributed by atoms with van der Waals surface area (Å²) in [5.74, 6) is 0.977. The summed E-state index contributed by atoms with van der Waals surface area (Å²) < 4.78 is 5.52. The highest BCUT2D eigenvalue weighted by atomic mass is 16.5. The van der Waals surface area contributed by atoms with Gasteiger partial charge in [-0.2, -0.15) is 0 Å². The number of hydrogen-bond acceptors (Lipinski definition) is 4. The standard InChI is InChI=1S/C17H31N3O/c1-6-20(7-2)11-10-18-13-16-9-8-15(14-19(3)4)12-17(16)21-5/h8-9,12,18H,6-7,10-11,13-14H2,1-5H3. The molecule has 21 heavy (non-hydrogen) atoms. The summed E-state index contributed by atoms with van der Waals surface area (Å²) in [6, 6.07) is 6.49. The number of hydrogen-bond donors (Lipinski definition) is 1. The molecule has 0 spiro atoms. The molecule has 0 amide bonds. The molecule has 1 N–H and O–H groups in total. The third-order valence-electron chi connectivity index (χ3n) is 3.66. The van der Waals surface area contributed by atoms with Crippen LogP contribution in [0.4, 0.5) is 0 Å². The van der Waals surface area contributed by atoms with E-state index in [9.17, 15) is 0 Å². The van der Waals surface area contributed by atoms with E-state index in [0.717, 1.165) is 45.0 Å². The summed E-state index contributed by atoms with van der Waals surface area (Å²) in [5.41, 5.74) is 2.50. The fourth-order valence-electron chi connectivity index (χ4n) is 2.40. The van der Waals surface area contributed by atoms with Gasteiger partial charge >= 0.3 is 0 Å². The molecule has 1 aromatic carbocycles. The maximum Gasteiger partial charge on any atom is 0.123 e. The molecule has 120 valence electrons. The molecular formula is C17H31N3O. The Morgan fingerprint density at radius 1 is 1.14 bits per heavy atom. The minimum absolute atomic E-state index is 0.854. The Bertz CT molecular complexity index is 403. The number of methoxy groups -OCH3 is 1. The zero-order chi connectivity index (χ0) is 15.7. The van der Waals surface area contributed by atoms with Crippen molar-refractivity contribution in [2.24, 2.45) is 0 Å². The maximum atomic E-state index is 5.52. The summed E-state index contributed by atoms with van der Waals surface area (Å²) in [7, 11) is 5.90. The van der Waals surface area contributed by atoms with Crippen LogP contribution in [0.2, 0.25) is 0 Å². The first-order chi connectivity index (χ1) is 10.1. The van der Waals surface area contributed by atoms with E-state index in [1.54, 1.807) is 7.11 Å². The molecule has 0 atom stereocenters. The zero-order valence-electron chi connectivity index (χ0n) is 14.3. The summed E-state index contributed by atoms with van der Waals surface area (Å²) in [6.07, 6.45) is 0. The normalized spacial score (nSPS) is 11.4. The number of nitrogens with one attached hydrogen (secondary N) is 1. The molecule has 0 aromatic heterocycles. The van der Waals surface area contributed by atoms with Crippen LogP contribution in [0.5, 0.6) is 5.75 Å². The highest BCUT2D eigenvalue weighted by molar-refractivity contribution is 5.37. The second-order valence-electron chi connectivity index (χ2n) is 5.59. The lowest BCUT2D eigenvalue weighted by atomic mass is 10.1. The largest absolute Gasteiger partial charge is 0.496 e. The van der Waals surface area contributed by atoms with Crippen molar-refractivity contribution < 1.29 is 4.74 Å². The van der Waals surface area contributed by atoms with Crippen molar-refractivity contribution in [2.75, 3.05) is 47.4 Å². The average molecular weight is 293 g/mol. The Labute approximate surface area is 130 Å². The minimum atomic E-state index is 0.854. The van der Waals surface area contributed by atoms with E-state index in [1.807, 2.05) is 0 Å². The lowest BCUT2D eigenvalue weighted by molar-refractivity contribution is 0.302. The molecule has 0 aliphatic carbocycles. The van der Waals surface area contributed by atoms with Gasteiger partial charge < -0.3 is 19.9 Å². The number of likely N-dealkylation sites (N-methyl/N-ethyl adjacent to an activating group) is 1. The average Bonchev–Trinajstić information content (AvgIpc) is 2.47. The summed E-state index contributed by atoms with van der Waals surface area (Å²) in [6.45, 7) is 10.5. The van der Waals surface area contributed by atoms with Crippen LogP contribution in [0.1, 0.15) is 25.0 Å². The number of ether oxygens (including phenoxy) is 1. The van der Waals surface area contributed by atoms with Crippen molar-refractivity contribution in [1.29, 1.82) is 0 Å². The third-order valence-corrected chi connectivity index (χ3v) is 3.66. The fraction of sp³-hybridized carbons (Fsp3) is 0.647. The van der Waals surface area contributed by atoms with Crippen LogP contribution in [0.3, 0.4) is 0 Å². The molecule has 0 heterocycles. The molecule has 0 saturated heterocycles. The summed E-state index contributed by atoms with van der Waals surface area (Å²) in [5, 5.41) is 3.50. The Morgan fingerprint density at radius 3 is 2.43 bits per heavy atom.